The van der Waals surface area contributed by atoms with E-state index in [-0.39, 0.29) is 28.6 Å². The van der Waals surface area contributed by atoms with Gasteiger partial charge in [0.15, 0.2) is 17.4 Å². The molecule has 43 heavy (non-hydrogen) atoms. The number of hydrogen-bond donors (Lipinski definition) is 0. The van der Waals surface area contributed by atoms with E-state index in [2.05, 4.69) is 17.9 Å². The SMILES string of the molecule is CCCCCCCCCCCCC(C#N)(CCCN1CCC(C(=O)c2ccc(F)cc2)CC1)c1cc(F)c(F)c(C)c1F. The van der Waals surface area contributed by atoms with Gasteiger partial charge in [-0.2, -0.15) is 5.26 Å². The van der Waals surface area contributed by atoms with Gasteiger partial charge in [-0.05, 0) is 89.0 Å². The van der Waals surface area contributed by atoms with Crippen LogP contribution in [0.15, 0.2) is 30.3 Å². The molecular formula is C36H48F4N2O. The van der Waals surface area contributed by atoms with Gasteiger partial charge in [-0.1, -0.05) is 71.1 Å². The number of piperidine rings is 1. The molecule has 1 heterocycles. The maximum atomic E-state index is 15.4. The van der Waals surface area contributed by atoms with E-state index in [1.807, 2.05) is 0 Å². The van der Waals surface area contributed by atoms with Crippen molar-refractivity contribution in [1.29, 1.82) is 5.26 Å². The fourth-order valence-electron chi connectivity index (χ4n) is 6.43. The van der Waals surface area contributed by atoms with E-state index in [0.717, 1.165) is 31.7 Å². The summed E-state index contributed by atoms with van der Waals surface area (Å²) in [7, 11) is 0. The van der Waals surface area contributed by atoms with E-state index in [1.54, 1.807) is 0 Å². The van der Waals surface area contributed by atoms with Gasteiger partial charge in [0.2, 0.25) is 0 Å². The molecular weight excluding hydrogens is 552 g/mol. The summed E-state index contributed by atoms with van der Waals surface area (Å²) in [4.78, 5) is 15.1. The molecule has 0 aromatic heterocycles. The Balaban J connectivity index is 1.57. The lowest BCUT2D eigenvalue weighted by molar-refractivity contribution is 0.0837. The quantitative estimate of drug-likeness (QED) is 0.0740. The molecule has 7 heteroatoms. The van der Waals surface area contributed by atoms with Crippen molar-refractivity contribution in [3.05, 3.63) is 70.3 Å². The number of halogens is 4. The predicted molar refractivity (Wildman–Crippen MR) is 164 cm³/mol. The van der Waals surface area contributed by atoms with Crippen LogP contribution in [0, 0.1) is 47.4 Å². The first-order chi connectivity index (χ1) is 20.7. The van der Waals surface area contributed by atoms with Gasteiger partial charge < -0.3 is 4.90 Å². The van der Waals surface area contributed by atoms with Gasteiger partial charge in [-0.3, -0.25) is 4.79 Å². The Morgan fingerprint density at radius 1 is 0.860 bits per heavy atom. The van der Waals surface area contributed by atoms with Crippen molar-refractivity contribution in [3.8, 4) is 6.07 Å². The minimum Gasteiger partial charge on any atom is -0.303 e. The van der Waals surface area contributed by atoms with E-state index in [9.17, 15) is 23.2 Å². The van der Waals surface area contributed by atoms with Gasteiger partial charge in [0.05, 0.1) is 11.5 Å². The summed E-state index contributed by atoms with van der Waals surface area (Å²) in [5, 5.41) is 10.4. The number of hydrogen-bond acceptors (Lipinski definition) is 3. The Kier molecular flexibility index (Phi) is 14.2. The van der Waals surface area contributed by atoms with Crippen LogP contribution in [0.25, 0.3) is 0 Å². The third kappa shape index (κ3) is 9.89. The second-order valence-corrected chi connectivity index (χ2v) is 12.4. The largest absolute Gasteiger partial charge is 0.303 e. The zero-order valence-electron chi connectivity index (χ0n) is 26.0. The van der Waals surface area contributed by atoms with Crippen molar-refractivity contribution < 1.29 is 22.4 Å². The lowest BCUT2D eigenvalue weighted by atomic mass is 9.73. The zero-order chi connectivity index (χ0) is 31.2. The van der Waals surface area contributed by atoms with Crippen molar-refractivity contribution in [2.24, 2.45) is 5.92 Å². The Labute approximate surface area is 255 Å². The number of nitrogens with zero attached hydrogens (tertiary/aromatic N) is 2. The molecule has 3 nitrogen and oxygen atoms in total. The van der Waals surface area contributed by atoms with Gasteiger partial charge in [0, 0.05) is 22.6 Å². The minimum atomic E-state index is -1.24. The topological polar surface area (TPSA) is 44.1 Å². The highest BCUT2D eigenvalue weighted by Crippen LogP contribution is 2.38. The predicted octanol–water partition coefficient (Wildman–Crippen LogP) is 10.00. The number of ketones is 1. The van der Waals surface area contributed by atoms with Crippen molar-refractivity contribution in [2.45, 2.75) is 116 Å². The number of unbranched alkanes of at least 4 members (excludes halogenated alkanes) is 9. The summed E-state index contributed by atoms with van der Waals surface area (Å²) < 4.78 is 57.2. The first-order valence-electron chi connectivity index (χ1n) is 16.3. The highest BCUT2D eigenvalue weighted by molar-refractivity contribution is 5.97. The first-order valence-corrected chi connectivity index (χ1v) is 16.3. The number of Topliss-reactive ketones (excluding diaryl/α,β-unsaturated/α-hetero) is 1. The standard InChI is InChI=1S/C36H48F4N2O/c1-3-4-5-6-7-8-9-10-11-12-20-36(26-41,31-25-32(38)34(40)27(2)33(31)39)21-13-22-42-23-18-29(19-24-42)35(43)28-14-16-30(37)17-15-28/h14-17,25,29H,3-13,18-24H2,1-2H3. The van der Waals surface area contributed by atoms with Crippen LogP contribution in [-0.4, -0.2) is 30.3 Å². The molecule has 0 spiro atoms. The molecule has 1 fully saturated rings. The van der Waals surface area contributed by atoms with Crippen molar-refractivity contribution >= 4 is 5.78 Å². The van der Waals surface area contributed by atoms with Gasteiger partial charge in [0.25, 0.3) is 0 Å². The summed E-state index contributed by atoms with van der Waals surface area (Å²) in [5.74, 6) is -3.60. The lowest BCUT2D eigenvalue weighted by Gasteiger charge is -2.33. The van der Waals surface area contributed by atoms with Crippen molar-refractivity contribution in [3.63, 3.8) is 0 Å². The molecule has 1 aliphatic heterocycles. The molecule has 0 saturated carbocycles. The van der Waals surface area contributed by atoms with Crippen molar-refractivity contribution in [2.75, 3.05) is 19.6 Å². The van der Waals surface area contributed by atoms with E-state index in [4.69, 9.17) is 0 Å². The molecule has 1 saturated heterocycles. The molecule has 3 rings (SSSR count). The molecule has 0 amide bonds. The normalized spacial score (nSPS) is 15.7. The number of likely N-dealkylation sites (tertiary alicyclic amines) is 1. The Morgan fingerprint density at radius 2 is 1.42 bits per heavy atom. The summed E-state index contributed by atoms with van der Waals surface area (Å²) in [6.07, 6.45) is 14.0. The molecule has 0 radical (unpaired) electrons. The monoisotopic (exact) mass is 600 g/mol. The molecule has 236 valence electrons. The van der Waals surface area contributed by atoms with Gasteiger partial charge >= 0.3 is 0 Å². The van der Waals surface area contributed by atoms with Crippen LogP contribution in [0.3, 0.4) is 0 Å². The third-order valence-corrected chi connectivity index (χ3v) is 9.23. The number of carbonyl (C=O) groups excluding carboxylic acids is 1. The van der Waals surface area contributed by atoms with Crippen LogP contribution in [0.1, 0.15) is 125 Å². The van der Waals surface area contributed by atoms with Crippen LogP contribution in [0.5, 0.6) is 0 Å². The average molecular weight is 601 g/mol. The molecule has 0 aliphatic carbocycles. The van der Waals surface area contributed by atoms with Gasteiger partial charge in [-0.25, -0.2) is 17.6 Å². The summed E-state index contributed by atoms with van der Waals surface area (Å²) >= 11 is 0. The molecule has 1 aliphatic rings. The molecule has 2 aromatic rings. The highest BCUT2D eigenvalue weighted by Gasteiger charge is 2.37. The Hall–Kier alpha value is -2.72. The summed E-state index contributed by atoms with van der Waals surface area (Å²) in [6, 6.07) is 8.89. The number of nitriles is 1. The van der Waals surface area contributed by atoms with Crippen LogP contribution >= 0.6 is 0 Å². The average Bonchev–Trinajstić information content (AvgIpc) is 3.02. The van der Waals surface area contributed by atoms with Crippen LogP contribution in [0.4, 0.5) is 17.6 Å². The molecule has 1 atom stereocenters. The zero-order valence-corrected chi connectivity index (χ0v) is 26.0. The highest BCUT2D eigenvalue weighted by atomic mass is 19.2. The molecule has 2 aromatic carbocycles. The fourth-order valence-corrected chi connectivity index (χ4v) is 6.43. The van der Waals surface area contributed by atoms with E-state index < -0.39 is 22.9 Å². The molecule has 0 bridgehead atoms. The van der Waals surface area contributed by atoms with Crippen molar-refractivity contribution in [1.82, 2.24) is 4.90 Å². The van der Waals surface area contributed by atoms with Crippen LogP contribution in [-0.2, 0) is 5.41 Å². The number of benzene rings is 2. The number of rotatable bonds is 18. The molecule has 0 N–H and O–H groups in total. The van der Waals surface area contributed by atoms with E-state index in [1.165, 1.54) is 69.7 Å². The first kappa shape index (κ1) is 34.8. The molecule has 1 unspecified atom stereocenters. The number of carbonyl (C=O) groups is 1. The van der Waals surface area contributed by atoms with Crippen LogP contribution in [0.2, 0.25) is 0 Å². The van der Waals surface area contributed by atoms with Gasteiger partial charge in [-0.15, -0.1) is 0 Å². The maximum Gasteiger partial charge on any atom is 0.166 e. The Morgan fingerprint density at radius 3 is 2.00 bits per heavy atom. The lowest BCUT2D eigenvalue weighted by Crippen LogP contribution is -2.37. The second-order valence-electron chi connectivity index (χ2n) is 12.4. The van der Waals surface area contributed by atoms with Gasteiger partial charge in [0.1, 0.15) is 11.6 Å². The fraction of sp³-hybridized carbons (Fsp3) is 0.611. The Bertz CT molecular complexity index is 1200. The summed E-state index contributed by atoms with van der Waals surface area (Å²) in [6.45, 7) is 5.53. The minimum absolute atomic E-state index is 0.0313. The maximum absolute atomic E-state index is 15.4. The van der Waals surface area contributed by atoms with E-state index >= 15 is 4.39 Å². The van der Waals surface area contributed by atoms with E-state index in [0.29, 0.717) is 57.3 Å². The second kappa shape index (κ2) is 17.5. The van der Waals surface area contributed by atoms with Crippen LogP contribution < -0.4 is 0 Å². The third-order valence-electron chi connectivity index (χ3n) is 9.23. The smallest absolute Gasteiger partial charge is 0.166 e. The summed E-state index contributed by atoms with van der Waals surface area (Å²) in [5.41, 5.74) is -1.13.